The van der Waals surface area contributed by atoms with Crippen molar-refractivity contribution in [3.05, 3.63) is 71.8 Å². The largest absolute Gasteiger partial charge is 0.393 e. The normalized spacial score (nSPS) is 12.7. The predicted octanol–water partition coefficient (Wildman–Crippen LogP) is 2.87. The number of rotatable bonds is 9. The maximum Gasteiger partial charge on any atom is 0.119 e. The van der Waals surface area contributed by atoms with Crippen LogP contribution in [0.5, 0.6) is 0 Å². The highest BCUT2D eigenvalue weighted by Gasteiger charge is 2.17. The van der Waals surface area contributed by atoms with Gasteiger partial charge in [0.15, 0.2) is 0 Å². The molecule has 0 radical (unpaired) electrons. The monoisotopic (exact) mass is 309 g/mol. The molecule has 0 saturated heterocycles. The van der Waals surface area contributed by atoms with E-state index in [1.54, 1.807) is 0 Å². The van der Waals surface area contributed by atoms with Crippen LogP contribution in [0.1, 0.15) is 36.8 Å². The van der Waals surface area contributed by atoms with E-state index in [1.165, 1.54) is 11.1 Å². The Morgan fingerprint density at radius 2 is 1.48 bits per heavy atom. The summed E-state index contributed by atoms with van der Waals surface area (Å²) >= 11 is 0. The van der Waals surface area contributed by atoms with Crippen LogP contribution >= 0.6 is 0 Å². The van der Waals surface area contributed by atoms with Crippen LogP contribution in [0.4, 0.5) is 0 Å². The average molecular weight is 309 g/mol. The standard InChI is InChI=1S/C20H28BNO/c1-2-19(23)13-14-22(16-21)15-20(17-9-5-3-6-10-17)18-11-7-4-8-12-18/h3-12,19-20,23H,2,13-16,21H2,1H3. The highest BCUT2D eigenvalue weighted by atomic mass is 16.3. The van der Waals surface area contributed by atoms with E-state index in [1.807, 2.05) is 6.92 Å². The van der Waals surface area contributed by atoms with Gasteiger partial charge in [-0.05, 0) is 37.0 Å². The van der Waals surface area contributed by atoms with Crippen molar-refractivity contribution in [1.29, 1.82) is 0 Å². The topological polar surface area (TPSA) is 23.5 Å². The van der Waals surface area contributed by atoms with Crippen molar-refractivity contribution in [2.24, 2.45) is 0 Å². The van der Waals surface area contributed by atoms with E-state index in [0.717, 1.165) is 32.4 Å². The van der Waals surface area contributed by atoms with E-state index in [2.05, 4.69) is 73.4 Å². The van der Waals surface area contributed by atoms with E-state index in [0.29, 0.717) is 5.92 Å². The summed E-state index contributed by atoms with van der Waals surface area (Å²) in [4.78, 5) is 2.45. The molecule has 0 aliphatic rings. The van der Waals surface area contributed by atoms with Crippen LogP contribution in [0.3, 0.4) is 0 Å². The van der Waals surface area contributed by atoms with Gasteiger partial charge in [-0.15, -0.1) is 0 Å². The van der Waals surface area contributed by atoms with Crippen LogP contribution in [0.2, 0.25) is 0 Å². The van der Waals surface area contributed by atoms with Crippen molar-refractivity contribution in [2.45, 2.75) is 31.8 Å². The molecule has 122 valence electrons. The number of aliphatic hydroxyl groups excluding tert-OH is 1. The second kappa shape index (κ2) is 9.54. The molecule has 2 aromatic rings. The van der Waals surface area contributed by atoms with Crippen molar-refractivity contribution in [2.75, 3.05) is 19.5 Å². The molecule has 1 atom stereocenters. The van der Waals surface area contributed by atoms with Gasteiger partial charge in [-0.3, -0.25) is 0 Å². The summed E-state index contributed by atoms with van der Waals surface area (Å²) < 4.78 is 0. The molecule has 0 aliphatic carbocycles. The second-order valence-electron chi connectivity index (χ2n) is 6.12. The first-order chi connectivity index (χ1) is 11.2. The van der Waals surface area contributed by atoms with Gasteiger partial charge in [-0.2, -0.15) is 0 Å². The van der Waals surface area contributed by atoms with Gasteiger partial charge < -0.3 is 10.0 Å². The third-order valence-electron chi connectivity index (χ3n) is 4.54. The summed E-state index contributed by atoms with van der Waals surface area (Å²) in [5.41, 5.74) is 2.71. The molecule has 0 spiro atoms. The van der Waals surface area contributed by atoms with E-state index < -0.39 is 0 Å². The summed E-state index contributed by atoms with van der Waals surface area (Å²) in [6.07, 6.45) is 2.50. The third-order valence-corrected chi connectivity index (χ3v) is 4.54. The van der Waals surface area contributed by atoms with Gasteiger partial charge in [0.05, 0.1) is 6.10 Å². The lowest BCUT2D eigenvalue weighted by Gasteiger charge is -2.28. The maximum absolute atomic E-state index is 9.84. The van der Waals surface area contributed by atoms with Gasteiger partial charge in [-0.25, -0.2) is 0 Å². The van der Waals surface area contributed by atoms with Gasteiger partial charge in [0, 0.05) is 12.5 Å². The highest BCUT2D eigenvalue weighted by molar-refractivity contribution is 6.08. The molecule has 0 amide bonds. The quantitative estimate of drug-likeness (QED) is 0.720. The molecule has 1 N–H and O–H groups in total. The van der Waals surface area contributed by atoms with E-state index in [4.69, 9.17) is 0 Å². The summed E-state index contributed by atoms with van der Waals surface area (Å²) in [5, 5.41) is 9.84. The maximum atomic E-state index is 9.84. The third kappa shape index (κ3) is 5.53. The SMILES string of the molecule is BCN(CCC(O)CC)CC(c1ccccc1)c1ccccc1. The fraction of sp³-hybridized carbons (Fsp3) is 0.400. The molecular formula is C20H28BNO. The molecule has 23 heavy (non-hydrogen) atoms. The molecule has 0 heterocycles. The van der Waals surface area contributed by atoms with Gasteiger partial charge in [0.1, 0.15) is 7.85 Å². The fourth-order valence-electron chi connectivity index (χ4n) is 2.95. The van der Waals surface area contributed by atoms with Crippen LogP contribution in [-0.2, 0) is 0 Å². The minimum Gasteiger partial charge on any atom is -0.393 e. The van der Waals surface area contributed by atoms with Gasteiger partial charge in [-0.1, -0.05) is 67.6 Å². The first-order valence-electron chi connectivity index (χ1n) is 8.74. The predicted molar refractivity (Wildman–Crippen MR) is 101 cm³/mol. The molecule has 2 aromatic carbocycles. The lowest BCUT2D eigenvalue weighted by molar-refractivity contribution is 0.141. The summed E-state index contributed by atoms with van der Waals surface area (Å²) in [7, 11) is 2.20. The highest BCUT2D eigenvalue weighted by Crippen LogP contribution is 2.25. The number of hydrogen-bond donors (Lipinski definition) is 1. The van der Waals surface area contributed by atoms with Crippen molar-refractivity contribution in [1.82, 2.24) is 4.90 Å². The molecule has 2 nitrogen and oxygen atoms in total. The first-order valence-corrected chi connectivity index (χ1v) is 8.74. The minimum absolute atomic E-state index is 0.184. The first kappa shape index (κ1) is 17.8. The van der Waals surface area contributed by atoms with Crippen molar-refractivity contribution in [3.8, 4) is 0 Å². The zero-order chi connectivity index (χ0) is 16.5. The van der Waals surface area contributed by atoms with Crippen LogP contribution in [0, 0.1) is 0 Å². The summed E-state index contributed by atoms with van der Waals surface area (Å²) in [6, 6.07) is 21.5. The molecule has 1 unspecified atom stereocenters. The lowest BCUT2D eigenvalue weighted by Crippen LogP contribution is -2.33. The van der Waals surface area contributed by atoms with Gasteiger partial charge in [0.2, 0.25) is 0 Å². The molecule has 0 aromatic heterocycles. The average Bonchev–Trinajstić information content (AvgIpc) is 2.63. The molecule has 2 rings (SSSR count). The van der Waals surface area contributed by atoms with Crippen molar-refractivity contribution < 1.29 is 5.11 Å². The Hall–Kier alpha value is -1.58. The fourth-order valence-corrected chi connectivity index (χ4v) is 2.95. The Morgan fingerprint density at radius 1 is 0.957 bits per heavy atom. The summed E-state index contributed by atoms with van der Waals surface area (Å²) in [5.74, 6) is 0.371. The Labute approximate surface area is 141 Å². The Kier molecular flexibility index (Phi) is 7.37. The Bertz CT molecular complexity index is 507. The molecule has 0 saturated carbocycles. The Morgan fingerprint density at radius 3 is 1.91 bits per heavy atom. The van der Waals surface area contributed by atoms with Crippen molar-refractivity contribution in [3.63, 3.8) is 0 Å². The zero-order valence-electron chi connectivity index (χ0n) is 14.4. The molecule has 0 aliphatic heterocycles. The van der Waals surface area contributed by atoms with Crippen molar-refractivity contribution >= 4 is 7.85 Å². The lowest BCUT2D eigenvalue weighted by atomic mass is 9.90. The number of nitrogens with zero attached hydrogens (tertiary/aromatic N) is 1. The smallest absolute Gasteiger partial charge is 0.119 e. The summed E-state index contributed by atoms with van der Waals surface area (Å²) in [6.45, 7) is 3.97. The van der Waals surface area contributed by atoms with Crippen LogP contribution in [0.25, 0.3) is 0 Å². The molecule has 0 bridgehead atoms. The molecule has 0 fully saturated rings. The van der Waals surface area contributed by atoms with E-state index >= 15 is 0 Å². The van der Waals surface area contributed by atoms with Crippen LogP contribution in [0.15, 0.2) is 60.7 Å². The zero-order valence-corrected chi connectivity index (χ0v) is 14.4. The van der Waals surface area contributed by atoms with Crippen LogP contribution in [-0.4, -0.2) is 43.5 Å². The Balaban J connectivity index is 2.14. The van der Waals surface area contributed by atoms with Gasteiger partial charge in [0.25, 0.3) is 0 Å². The van der Waals surface area contributed by atoms with E-state index in [-0.39, 0.29) is 6.10 Å². The van der Waals surface area contributed by atoms with Gasteiger partial charge >= 0.3 is 0 Å². The molecule has 3 heteroatoms. The minimum atomic E-state index is -0.184. The van der Waals surface area contributed by atoms with E-state index in [9.17, 15) is 5.11 Å². The number of hydrogen-bond acceptors (Lipinski definition) is 2. The number of aliphatic hydroxyl groups is 1. The number of benzene rings is 2. The second-order valence-corrected chi connectivity index (χ2v) is 6.12. The van der Waals surface area contributed by atoms with Crippen LogP contribution < -0.4 is 0 Å². The molecular weight excluding hydrogens is 281 g/mol.